The number of hydrogen-bond donors (Lipinski definition) is 1. The van der Waals surface area contributed by atoms with Crippen LogP contribution in [0.2, 0.25) is 0 Å². The predicted octanol–water partition coefficient (Wildman–Crippen LogP) is 2.41. The monoisotopic (exact) mass is 289 g/mol. The van der Waals surface area contributed by atoms with Gasteiger partial charge in [-0.3, -0.25) is 9.88 Å². The zero-order chi connectivity index (χ0) is 13.8. The quantitative estimate of drug-likeness (QED) is 0.939. The minimum Gasteiger partial charge on any atom is -0.396 e. The average Bonchev–Trinajstić information content (AvgIpc) is 2.97. The normalized spacial score (nSPS) is 20.1. The highest BCUT2D eigenvalue weighted by Gasteiger charge is 2.20. The van der Waals surface area contributed by atoms with Crippen LogP contribution in [0.3, 0.4) is 0 Å². The molecule has 1 fully saturated rings. The van der Waals surface area contributed by atoms with Crippen LogP contribution in [0.25, 0.3) is 10.7 Å². The van der Waals surface area contributed by atoms with Crippen LogP contribution >= 0.6 is 11.3 Å². The van der Waals surface area contributed by atoms with Crippen molar-refractivity contribution in [3.63, 3.8) is 0 Å². The molecule has 0 saturated carbocycles. The van der Waals surface area contributed by atoms with Crippen LogP contribution in [0.4, 0.5) is 0 Å². The van der Waals surface area contributed by atoms with Gasteiger partial charge in [0.15, 0.2) is 0 Å². The Bertz CT molecular complexity index is 543. The molecule has 1 aliphatic rings. The highest BCUT2D eigenvalue weighted by molar-refractivity contribution is 7.13. The lowest BCUT2D eigenvalue weighted by Gasteiger charge is -2.31. The Morgan fingerprint density at radius 1 is 1.40 bits per heavy atom. The van der Waals surface area contributed by atoms with Crippen LogP contribution in [-0.4, -0.2) is 39.7 Å². The lowest BCUT2D eigenvalue weighted by molar-refractivity contribution is 0.115. The number of aliphatic hydroxyl groups excluding tert-OH is 1. The number of likely N-dealkylation sites (tertiary alicyclic amines) is 1. The molecule has 1 aliphatic heterocycles. The van der Waals surface area contributed by atoms with E-state index >= 15 is 0 Å². The second-order valence-corrected chi connectivity index (χ2v) is 6.14. The molecule has 3 rings (SSSR count). The maximum Gasteiger partial charge on any atom is 0.142 e. The summed E-state index contributed by atoms with van der Waals surface area (Å²) in [6.07, 6.45) is 4.11. The number of rotatable bonds is 4. The van der Waals surface area contributed by atoms with Crippen molar-refractivity contribution in [2.24, 2.45) is 5.92 Å². The van der Waals surface area contributed by atoms with Crippen molar-refractivity contribution in [1.82, 2.24) is 14.9 Å². The first kappa shape index (κ1) is 13.7. The highest BCUT2D eigenvalue weighted by atomic mass is 32.1. The average molecular weight is 289 g/mol. The van der Waals surface area contributed by atoms with Crippen molar-refractivity contribution in [1.29, 1.82) is 0 Å². The molecule has 4 nitrogen and oxygen atoms in total. The molecule has 0 radical (unpaired) electrons. The van der Waals surface area contributed by atoms with Gasteiger partial charge in [0, 0.05) is 31.3 Å². The molecule has 0 aromatic carbocycles. The fraction of sp³-hybridized carbons (Fsp3) is 0.467. The van der Waals surface area contributed by atoms with E-state index in [1.54, 1.807) is 17.5 Å². The maximum absolute atomic E-state index is 9.28. The largest absolute Gasteiger partial charge is 0.396 e. The van der Waals surface area contributed by atoms with Crippen molar-refractivity contribution in [2.75, 3.05) is 19.7 Å². The van der Waals surface area contributed by atoms with Crippen LogP contribution in [-0.2, 0) is 6.54 Å². The van der Waals surface area contributed by atoms with Gasteiger partial charge in [0.2, 0.25) is 0 Å². The second-order valence-electron chi connectivity index (χ2n) is 5.28. The molecule has 1 N–H and O–H groups in total. The molecule has 0 spiro atoms. The van der Waals surface area contributed by atoms with E-state index in [4.69, 9.17) is 0 Å². The summed E-state index contributed by atoms with van der Waals surface area (Å²) < 4.78 is 0. The summed E-state index contributed by atoms with van der Waals surface area (Å²) in [5.41, 5.74) is 2.05. The SMILES string of the molecule is OCC1CCCN(Cc2csc(-c3ccccn3)n2)C1. The fourth-order valence-electron chi connectivity index (χ4n) is 2.66. The van der Waals surface area contributed by atoms with Gasteiger partial charge < -0.3 is 5.11 Å². The van der Waals surface area contributed by atoms with Crippen molar-refractivity contribution in [2.45, 2.75) is 19.4 Å². The molecular formula is C15H19N3OS. The third-order valence-electron chi connectivity index (χ3n) is 3.68. The summed E-state index contributed by atoms with van der Waals surface area (Å²) in [5, 5.41) is 12.4. The van der Waals surface area contributed by atoms with Gasteiger partial charge in [0.25, 0.3) is 0 Å². The Morgan fingerprint density at radius 2 is 2.35 bits per heavy atom. The van der Waals surface area contributed by atoms with Gasteiger partial charge in [-0.25, -0.2) is 4.98 Å². The number of thiazole rings is 1. The number of piperidine rings is 1. The van der Waals surface area contributed by atoms with Gasteiger partial charge in [-0.05, 0) is 37.4 Å². The Morgan fingerprint density at radius 3 is 3.15 bits per heavy atom. The van der Waals surface area contributed by atoms with Crippen molar-refractivity contribution >= 4 is 11.3 Å². The lowest BCUT2D eigenvalue weighted by Crippen LogP contribution is -2.36. The summed E-state index contributed by atoms with van der Waals surface area (Å²) in [5.74, 6) is 0.428. The number of pyridine rings is 1. The van der Waals surface area contributed by atoms with Crippen LogP contribution in [0.15, 0.2) is 29.8 Å². The minimum atomic E-state index is 0.298. The summed E-state index contributed by atoms with van der Waals surface area (Å²) in [7, 11) is 0. The Labute approximate surface area is 123 Å². The van der Waals surface area contributed by atoms with Crippen molar-refractivity contribution < 1.29 is 5.11 Å². The van der Waals surface area contributed by atoms with Gasteiger partial charge in [-0.2, -0.15) is 0 Å². The molecule has 0 amide bonds. The Balaban J connectivity index is 1.65. The van der Waals surface area contributed by atoms with E-state index in [2.05, 4.69) is 20.2 Å². The molecule has 0 aliphatic carbocycles. The van der Waals surface area contributed by atoms with Crippen LogP contribution in [0, 0.1) is 5.92 Å². The molecule has 2 aromatic rings. The fourth-order valence-corrected chi connectivity index (χ4v) is 3.45. The molecule has 1 atom stereocenters. The van der Waals surface area contributed by atoms with Crippen LogP contribution < -0.4 is 0 Å². The van der Waals surface area contributed by atoms with E-state index in [-0.39, 0.29) is 0 Å². The Hall–Kier alpha value is -1.30. The van der Waals surface area contributed by atoms with Crippen LogP contribution in [0.5, 0.6) is 0 Å². The van der Waals surface area contributed by atoms with Gasteiger partial charge in [-0.1, -0.05) is 6.07 Å². The van der Waals surface area contributed by atoms with Gasteiger partial charge >= 0.3 is 0 Å². The van der Waals surface area contributed by atoms with Crippen molar-refractivity contribution in [3.8, 4) is 10.7 Å². The molecule has 106 valence electrons. The number of hydrogen-bond acceptors (Lipinski definition) is 5. The zero-order valence-corrected chi connectivity index (χ0v) is 12.2. The van der Waals surface area contributed by atoms with E-state index in [1.165, 1.54) is 6.42 Å². The predicted molar refractivity (Wildman–Crippen MR) is 80.4 cm³/mol. The third-order valence-corrected chi connectivity index (χ3v) is 4.60. The van der Waals surface area contributed by atoms with E-state index in [9.17, 15) is 5.11 Å². The molecule has 5 heteroatoms. The highest BCUT2D eigenvalue weighted by Crippen LogP contribution is 2.23. The number of aliphatic hydroxyl groups is 1. The van der Waals surface area contributed by atoms with Gasteiger partial charge in [0.1, 0.15) is 5.01 Å². The maximum atomic E-state index is 9.28. The van der Waals surface area contributed by atoms with E-state index < -0.39 is 0 Å². The first-order valence-electron chi connectivity index (χ1n) is 7.04. The molecule has 1 saturated heterocycles. The van der Waals surface area contributed by atoms with Crippen LogP contribution in [0.1, 0.15) is 18.5 Å². The molecule has 0 bridgehead atoms. The second kappa shape index (κ2) is 6.43. The number of aromatic nitrogens is 2. The van der Waals surface area contributed by atoms with E-state index in [0.29, 0.717) is 12.5 Å². The summed E-state index contributed by atoms with van der Waals surface area (Å²) in [6.45, 7) is 3.26. The van der Waals surface area contributed by atoms with E-state index in [1.807, 2.05) is 18.2 Å². The molecule has 1 unspecified atom stereocenters. The topological polar surface area (TPSA) is 49.2 Å². The summed E-state index contributed by atoms with van der Waals surface area (Å²) in [4.78, 5) is 11.4. The molecule has 20 heavy (non-hydrogen) atoms. The Kier molecular flexibility index (Phi) is 4.40. The molecular weight excluding hydrogens is 270 g/mol. The summed E-state index contributed by atoms with van der Waals surface area (Å²) in [6, 6.07) is 5.89. The minimum absolute atomic E-state index is 0.298. The summed E-state index contributed by atoms with van der Waals surface area (Å²) >= 11 is 1.65. The zero-order valence-electron chi connectivity index (χ0n) is 11.4. The van der Waals surface area contributed by atoms with Gasteiger partial charge in [0.05, 0.1) is 11.4 Å². The van der Waals surface area contributed by atoms with Crippen molar-refractivity contribution in [3.05, 3.63) is 35.5 Å². The number of nitrogens with zero attached hydrogens (tertiary/aromatic N) is 3. The molecule has 3 heterocycles. The van der Waals surface area contributed by atoms with Gasteiger partial charge in [-0.15, -0.1) is 11.3 Å². The van der Waals surface area contributed by atoms with E-state index in [0.717, 1.165) is 42.5 Å². The lowest BCUT2D eigenvalue weighted by atomic mass is 9.99. The first-order chi connectivity index (χ1) is 9.85. The smallest absolute Gasteiger partial charge is 0.142 e. The third kappa shape index (κ3) is 3.23. The first-order valence-corrected chi connectivity index (χ1v) is 7.92. The standard InChI is InChI=1S/C15H19N3OS/c19-10-12-4-3-7-18(8-12)9-13-11-20-15(17-13)14-5-1-2-6-16-14/h1-2,5-6,11-12,19H,3-4,7-10H2. The molecule has 2 aromatic heterocycles.